The van der Waals surface area contributed by atoms with Crippen molar-refractivity contribution in [2.75, 3.05) is 29.5 Å². The Hall–Kier alpha value is -1.43. The molecule has 1 N–H and O–H groups in total. The van der Waals surface area contributed by atoms with E-state index in [0.717, 1.165) is 5.69 Å². The highest BCUT2D eigenvalue weighted by Gasteiger charge is 2.22. The largest absolute Gasteiger partial charge is 0.478 e. The number of carboxylic acids is 1. The van der Waals surface area contributed by atoms with E-state index in [0.29, 0.717) is 30.4 Å². The molecule has 1 aliphatic heterocycles. The Morgan fingerprint density at radius 1 is 1.30 bits per heavy atom. The molecule has 5 nitrogen and oxygen atoms in total. The molecule has 0 spiro atoms. The zero-order valence-corrected chi connectivity index (χ0v) is 12.9. The van der Waals surface area contributed by atoms with E-state index in [1.165, 1.54) is 0 Å². The number of hydrogen-bond acceptors (Lipinski definition) is 4. The fraction of sp³-hybridized carbons (Fsp3) is 0.571. The van der Waals surface area contributed by atoms with Gasteiger partial charge in [-0.05, 0) is 12.1 Å². The minimum absolute atomic E-state index is 0.210. The molecule has 0 aliphatic carbocycles. The summed E-state index contributed by atoms with van der Waals surface area (Å²) in [5, 5.41) is 9.24. The summed E-state index contributed by atoms with van der Waals surface area (Å²) in [6.45, 7) is 7.35. The van der Waals surface area contributed by atoms with Crippen LogP contribution >= 0.6 is 0 Å². The van der Waals surface area contributed by atoms with Crippen LogP contribution < -0.4 is 4.90 Å². The first-order chi connectivity index (χ1) is 9.27. The van der Waals surface area contributed by atoms with Gasteiger partial charge in [0, 0.05) is 46.5 Å². The summed E-state index contributed by atoms with van der Waals surface area (Å²) in [6, 6.07) is 3.24. The van der Waals surface area contributed by atoms with Gasteiger partial charge in [0.05, 0.1) is 5.56 Å². The maximum Gasteiger partial charge on any atom is 0.335 e. The molecular weight excluding hydrogens is 276 g/mol. The van der Waals surface area contributed by atoms with Gasteiger partial charge in [-0.15, -0.1) is 0 Å². The molecule has 2 heterocycles. The summed E-state index contributed by atoms with van der Waals surface area (Å²) in [5.41, 5.74) is 0.810. The first-order valence-electron chi connectivity index (χ1n) is 6.63. The van der Waals surface area contributed by atoms with E-state index >= 15 is 0 Å². The third kappa shape index (κ3) is 3.36. The summed E-state index contributed by atoms with van der Waals surface area (Å²) in [6.07, 6.45) is 0. The molecule has 20 heavy (non-hydrogen) atoms. The van der Waals surface area contributed by atoms with Gasteiger partial charge in [0.2, 0.25) is 0 Å². The monoisotopic (exact) mass is 296 g/mol. The second-order valence-electron chi connectivity index (χ2n) is 5.99. The van der Waals surface area contributed by atoms with Crippen LogP contribution in [0.25, 0.3) is 0 Å². The summed E-state index contributed by atoms with van der Waals surface area (Å²) < 4.78 is 11.4. The highest BCUT2D eigenvalue weighted by Crippen LogP contribution is 2.25. The fourth-order valence-electron chi connectivity index (χ4n) is 2.05. The van der Waals surface area contributed by atoms with E-state index < -0.39 is 16.8 Å². The van der Waals surface area contributed by atoms with Crippen LogP contribution in [-0.4, -0.2) is 44.9 Å². The van der Waals surface area contributed by atoms with Crippen LogP contribution in [0, 0.1) is 0 Å². The average molecular weight is 296 g/mol. The highest BCUT2D eigenvalue weighted by atomic mass is 32.2. The van der Waals surface area contributed by atoms with Crippen molar-refractivity contribution in [3.63, 3.8) is 0 Å². The van der Waals surface area contributed by atoms with Crippen molar-refractivity contribution in [1.29, 1.82) is 0 Å². The molecule has 1 aromatic heterocycles. The number of pyridine rings is 1. The number of nitrogens with zero attached hydrogens (tertiary/aromatic N) is 2. The molecule has 0 atom stereocenters. The lowest BCUT2D eigenvalue weighted by molar-refractivity contribution is 0.0696. The first kappa shape index (κ1) is 15.0. The van der Waals surface area contributed by atoms with Crippen molar-refractivity contribution >= 4 is 22.6 Å². The van der Waals surface area contributed by atoms with E-state index in [2.05, 4.69) is 4.98 Å². The van der Waals surface area contributed by atoms with Gasteiger partial charge >= 0.3 is 5.97 Å². The van der Waals surface area contributed by atoms with Gasteiger partial charge in [0.15, 0.2) is 0 Å². The third-order valence-corrected chi connectivity index (χ3v) is 4.60. The summed E-state index contributed by atoms with van der Waals surface area (Å²) in [5.74, 6) is 0.958. The number of aromatic carboxylic acids is 1. The predicted octanol–water partition coefficient (Wildman–Crippen LogP) is 1.65. The van der Waals surface area contributed by atoms with Crippen LogP contribution in [0.4, 0.5) is 5.82 Å². The molecule has 0 saturated carbocycles. The smallest absolute Gasteiger partial charge is 0.335 e. The van der Waals surface area contributed by atoms with Gasteiger partial charge in [-0.1, -0.05) is 20.8 Å². The topological polar surface area (TPSA) is 70.5 Å². The first-order valence-corrected chi connectivity index (χ1v) is 8.12. The lowest BCUT2D eigenvalue weighted by atomic mass is 9.90. The number of carbonyl (C=O) groups is 1. The zero-order chi connectivity index (χ0) is 14.9. The SMILES string of the molecule is CC(C)(C)c1cc(C(=O)O)cc(N2CCS(=O)CC2)n1. The second kappa shape index (κ2) is 5.52. The lowest BCUT2D eigenvalue weighted by Crippen LogP contribution is -2.38. The summed E-state index contributed by atoms with van der Waals surface area (Å²) in [4.78, 5) is 17.9. The Balaban J connectivity index is 2.39. The quantitative estimate of drug-likeness (QED) is 0.898. The molecule has 0 aromatic carbocycles. The molecule has 0 unspecified atom stereocenters. The molecule has 1 aliphatic rings. The summed E-state index contributed by atoms with van der Waals surface area (Å²) in [7, 11) is -0.757. The van der Waals surface area contributed by atoms with Crippen LogP contribution in [0.5, 0.6) is 0 Å². The molecular formula is C14H20N2O3S. The molecule has 0 radical (unpaired) electrons. The van der Waals surface area contributed by atoms with Crippen LogP contribution in [0.2, 0.25) is 0 Å². The molecule has 6 heteroatoms. The molecule has 1 aromatic rings. The van der Waals surface area contributed by atoms with Crippen molar-refractivity contribution in [3.05, 3.63) is 23.4 Å². The standard InChI is InChI=1S/C14H20N2O3S/c1-14(2,3)11-8-10(13(17)18)9-12(15-11)16-4-6-20(19)7-5-16/h8-9H,4-7H2,1-3H3,(H,17,18). The van der Waals surface area contributed by atoms with E-state index in [1.807, 2.05) is 25.7 Å². The van der Waals surface area contributed by atoms with Gasteiger partial charge in [0.1, 0.15) is 5.82 Å². The van der Waals surface area contributed by atoms with Crippen LogP contribution in [0.1, 0.15) is 36.8 Å². The summed E-state index contributed by atoms with van der Waals surface area (Å²) >= 11 is 0. The van der Waals surface area contributed by atoms with Crippen molar-refractivity contribution < 1.29 is 14.1 Å². The van der Waals surface area contributed by atoms with Gasteiger partial charge in [0.25, 0.3) is 0 Å². The molecule has 2 rings (SSSR count). The molecule has 0 amide bonds. The maximum absolute atomic E-state index is 11.4. The highest BCUT2D eigenvalue weighted by molar-refractivity contribution is 7.85. The fourth-order valence-corrected chi connectivity index (χ4v) is 3.10. The van der Waals surface area contributed by atoms with Crippen LogP contribution in [0.3, 0.4) is 0 Å². The Bertz CT molecular complexity index is 542. The Morgan fingerprint density at radius 3 is 2.40 bits per heavy atom. The van der Waals surface area contributed by atoms with E-state index in [1.54, 1.807) is 12.1 Å². The number of anilines is 1. The van der Waals surface area contributed by atoms with Gasteiger partial charge in [-0.25, -0.2) is 9.78 Å². The van der Waals surface area contributed by atoms with Crippen molar-refractivity contribution in [3.8, 4) is 0 Å². The van der Waals surface area contributed by atoms with Gasteiger partial charge in [-0.2, -0.15) is 0 Å². The number of hydrogen-bond donors (Lipinski definition) is 1. The van der Waals surface area contributed by atoms with E-state index in [9.17, 15) is 14.1 Å². The predicted molar refractivity (Wildman–Crippen MR) is 80.0 cm³/mol. The van der Waals surface area contributed by atoms with Crippen LogP contribution in [-0.2, 0) is 16.2 Å². The number of aromatic nitrogens is 1. The van der Waals surface area contributed by atoms with Crippen LogP contribution in [0.15, 0.2) is 12.1 Å². The average Bonchev–Trinajstić information content (AvgIpc) is 2.38. The third-order valence-electron chi connectivity index (χ3n) is 3.33. The Labute approximate surface area is 121 Å². The van der Waals surface area contributed by atoms with Crippen molar-refractivity contribution in [2.24, 2.45) is 0 Å². The Morgan fingerprint density at radius 2 is 1.90 bits per heavy atom. The second-order valence-corrected chi connectivity index (χ2v) is 7.69. The zero-order valence-electron chi connectivity index (χ0n) is 12.0. The normalized spacial score (nSPS) is 17.2. The molecule has 0 bridgehead atoms. The Kier molecular flexibility index (Phi) is 4.13. The van der Waals surface area contributed by atoms with E-state index in [-0.39, 0.29) is 11.0 Å². The molecule has 1 fully saturated rings. The number of rotatable bonds is 2. The van der Waals surface area contributed by atoms with Crippen molar-refractivity contribution in [2.45, 2.75) is 26.2 Å². The van der Waals surface area contributed by atoms with Gasteiger partial charge < -0.3 is 10.0 Å². The molecule has 1 saturated heterocycles. The number of carboxylic acid groups (broad SMARTS) is 1. The molecule has 110 valence electrons. The van der Waals surface area contributed by atoms with E-state index in [4.69, 9.17) is 0 Å². The minimum Gasteiger partial charge on any atom is -0.478 e. The minimum atomic E-state index is -0.945. The van der Waals surface area contributed by atoms with Gasteiger partial charge in [-0.3, -0.25) is 4.21 Å². The maximum atomic E-state index is 11.4. The van der Waals surface area contributed by atoms with Crippen molar-refractivity contribution in [1.82, 2.24) is 4.98 Å². The lowest BCUT2D eigenvalue weighted by Gasteiger charge is -2.29.